The van der Waals surface area contributed by atoms with Crippen molar-refractivity contribution in [3.8, 4) is 22.9 Å². The Hall–Kier alpha value is -3.53. The first-order valence-electron chi connectivity index (χ1n) is 12.0. The highest BCUT2D eigenvalue weighted by molar-refractivity contribution is 14.1. The predicted octanol–water partition coefficient (Wildman–Crippen LogP) is 6.31. The molecule has 37 heavy (non-hydrogen) atoms. The van der Waals surface area contributed by atoms with Gasteiger partial charge in [0.1, 0.15) is 11.5 Å². The van der Waals surface area contributed by atoms with E-state index in [2.05, 4.69) is 41.5 Å². The Kier molecular flexibility index (Phi) is 8.06. The van der Waals surface area contributed by atoms with Crippen LogP contribution >= 0.6 is 22.6 Å². The SMILES string of the molecule is CCOc1cc(C)c(-c2nc3ccccc3c(=O)n2N=Cc2ccc(OC(C)=O)c(I)c2)cc1C(C)C. The smallest absolute Gasteiger partial charge is 0.308 e. The van der Waals surface area contributed by atoms with Crippen molar-refractivity contribution >= 4 is 45.7 Å². The molecule has 0 atom stereocenters. The lowest BCUT2D eigenvalue weighted by atomic mass is 9.96. The zero-order chi connectivity index (χ0) is 26.7. The number of benzene rings is 3. The lowest BCUT2D eigenvalue weighted by Gasteiger charge is -2.18. The van der Waals surface area contributed by atoms with Crippen LogP contribution in [-0.4, -0.2) is 28.5 Å². The van der Waals surface area contributed by atoms with Crippen LogP contribution in [0, 0.1) is 10.5 Å². The summed E-state index contributed by atoms with van der Waals surface area (Å²) in [4.78, 5) is 29.8. The maximum Gasteiger partial charge on any atom is 0.308 e. The maximum absolute atomic E-state index is 13.6. The summed E-state index contributed by atoms with van der Waals surface area (Å²) in [6, 6.07) is 16.6. The van der Waals surface area contributed by atoms with Gasteiger partial charge in [0, 0.05) is 12.5 Å². The second-order valence-corrected chi connectivity index (χ2v) is 10.1. The van der Waals surface area contributed by atoms with Crippen LogP contribution in [0.4, 0.5) is 0 Å². The van der Waals surface area contributed by atoms with Crippen LogP contribution in [0.1, 0.15) is 50.3 Å². The molecule has 0 spiro atoms. The van der Waals surface area contributed by atoms with Crippen LogP contribution in [0.25, 0.3) is 22.3 Å². The largest absolute Gasteiger partial charge is 0.494 e. The van der Waals surface area contributed by atoms with E-state index in [0.717, 1.165) is 31.6 Å². The fourth-order valence-electron chi connectivity index (χ4n) is 4.04. The topological polar surface area (TPSA) is 82.8 Å². The van der Waals surface area contributed by atoms with Gasteiger partial charge in [0.05, 0.1) is 27.3 Å². The molecule has 0 aliphatic carbocycles. The molecule has 7 nitrogen and oxygen atoms in total. The Morgan fingerprint density at radius 1 is 1.14 bits per heavy atom. The van der Waals surface area contributed by atoms with E-state index >= 15 is 0 Å². The van der Waals surface area contributed by atoms with Crippen molar-refractivity contribution in [2.24, 2.45) is 5.10 Å². The Labute approximate surface area is 229 Å². The number of nitrogens with zero attached hydrogens (tertiary/aromatic N) is 3. The molecular weight excluding hydrogens is 581 g/mol. The highest BCUT2D eigenvalue weighted by atomic mass is 127. The molecule has 4 aromatic rings. The van der Waals surface area contributed by atoms with E-state index in [1.807, 2.05) is 50.2 Å². The monoisotopic (exact) mass is 609 g/mol. The van der Waals surface area contributed by atoms with Crippen molar-refractivity contribution in [2.75, 3.05) is 6.61 Å². The Morgan fingerprint density at radius 3 is 2.57 bits per heavy atom. The zero-order valence-electron chi connectivity index (χ0n) is 21.4. The van der Waals surface area contributed by atoms with Gasteiger partial charge in [-0.25, -0.2) is 4.98 Å². The second kappa shape index (κ2) is 11.2. The predicted molar refractivity (Wildman–Crippen MR) is 155 cm³/mol. The number of carbonyl (C=O) groups excluding carboxylic acids is 1. The number of hydrogen-bond acceptors (Lipinski definition) is 6. The number of hydrogen-bond donors (Lipinski definition) is 0. The number of carbonyl (C=O) groups is 1. The summed E-state index contributed by atoms with van der Waals surface area (Å²) < 4.78 is 13.2. The van der Waals surface area contributed by atoms with Crippen LogP contribution in [0.5, 0.6) is 11.5 Å². The molecule has 0 radical (unpaired) electrons. The van der Waals surface area contributed by atoms with E-state index in [4.69, 9.17) is 14.5 Å². The Balaban J connectivity index is 1.90. The molecule has 0 amide bonds. The van der Waals surface area contributed by atoms with E-state index in [0.29, 0.717) is 29.1 Å². The number of rotatable bonds is 7. The Morgan fingerprint density at radius 2 is 1.89 bits per heavy atom. The van der Waals surface area contributed by atoms with Crippen molar-refractivity contribution < 1.29 is 14.3 Å². The average molecular weight is 609 g/mol. The van der Waals surface area contributed by atoms with E-state index < -0.39 is 0 Å². The first-order valence-corrected chi connectivity index (χ1v) is 13.1. The van der Waals surface area contributed by atoms with Gasteiger partial charge in [-0.3, -0.25) is 9.59 Å². The normalized spacial score (nSPS) is 11.4. The third-order valence-corrected chi connectivity index (χ3v) is 6.65. The van der Waals surface area contributed by atoms with Crippen molar-refractivity contribution in [2.45, 2.75) is 40.5 Å². The summed E-state index contributed by atoms with van der Waals surface area (Å²) in [5, 5.41) is 5.07. The summed E-state index contributed by atoms with van der Waals surface area (Å²) in [6.07, 6.45) is 1.61. The van der Waals surface area contributed by atoms with Crippen molar-refractivity contribution in [3.05, 3.63) is 85.2 Å². The molecule has 0 fully saturated rings. The molecule has 4 rings (SSSR count). The van der Waals surface area contributed by atoms with E-state index in [1.54, 1.807) is 24.4 Å². The van der Waals surface area contributed by atoms with Gasteiger partial charge < -0.3 is 9.47 Å². The summed E-state index contributed by atoms with van der Waals surface area (Å²) in [5.74, 6) is 1.59. The van der Waals surface area contributed by atoms with Gasteiger partial charge >= 0.3 is 5.97 Å². The number of fused-ring (bicyclic) bond motifs is 1. The quantitative estimate of drug-likeness (QED) is 0.106. The van der Waals surface area contributed by atoms with E-state index in [-0.39, 0.29) is 17.4 Å². The molecule has 1 heterocycles. The molecule has 0 saturated heterocycles. The van der Waals surface area contributed by atoms with Gasteiger partial charge in [0.2, 0.25) is 0 Å². The minimum absolute atomic E-state index is 0.211. The number of halogens is 1. The molecule has 0 aliphatic heterocycles. The summed E-state index contributed by atoms with van der Waals surface area (Å²) in [5.41, 5.74) is 3.87. The molecule has 0 saturated carbocycles. The lowest BCUT2D eigenvalue weighted by molar-refractivity contribution is -0.131. The van der Waals surface area contributed by atoms with Gasteiger partial charge in [0.15, 0.2) is 5.82 Å². The number of aryl methyl sites for hydroxylation is 1. The Bertz CT molecular complexity index is 1570. The molecule has 0 unspecified atom stereocenters. The molecule has 0 N–H and O–H groups in total. The minimum atomic E-state index is -0.385. The molecule has 0 bridgehead atoms. The highest BCUT2D eigenvalue weighted by Gasteiger charge is 2.18. The first kappa shape index (κ1) is 26.5. The van der Waals surface area contributed by atoms with Crippen molar-refractivity contribution in [3.63, 3.8) is 0 Å². The number of aromatic nitrogens is 2. The zero-order valence-corrected chi connectivity index (χ0v) is 23.6. The molecule has 3 aromatic carbocycles. The molecular formula is C29H28IN3O4. The number of ether oxygens (including phenoxy) is 2. The van der Waals surface area contributed by atoms with Crippen molar-refractivity contribution in [1.82, 2.24) is 9.66 Å². The summed E-state index contributed by atoms with van der Waals surface area (Å²) >= 11 is 2.10. The molecule has 8 heteroatoms. The van der Waals surface area contributed by atoms with E-state index in [1.165, 1.54) is 11.6 Å². The van der Waals surface area contributed by atoms with Crippen LogP contribution in [-0.2, 0) is 4.79 Å². The van der Waals surface area contributed by atoms with Crippen LogP contribution in [0.15, 0.2) is 64.5 Å². The standard InChI is InChI=1S/C29H28IN3O4/c1-6-36-27-13-18(4)23(15-22(27)17(2)3)28-32-25-10-8-7-9-21(25)29(35)33(28)31-16-20-11-12-26(24(30)14-20)37-19(5)34/h7-17H,6H2,1-5H3. The molecule has 190 valence electrons. The van der Waals surface area contributed by atoms with Crippen LogP contribution in [0.3, 0.4) is 0 Å². The fourth-order valence-corrected chi connectivity index (χ4v) is 4.68. The number of para-hydroxylation sites is 1. The third kappa shape index (κ3) is 5.74. The summed E-state index contributed by atoms with van der Waals surface area (Å²) in [7, 11) is 0. The molecule has 0 aliphatic rings. The van der Waals surface area contributed by atoms with Gasteiger partial charge in [-0.15, -0.1) is 0 Å². The number of esters is 1. The van der Waals surface area contributed by atoms with Gasteiger partial charge in [-0.2, -0.15) is 9.78 Å². The van der Waals surface area contributed by atoms with Crippen LogP contribution < -0.4 is 15.0 Å². The second-order valence-electron chi connectivity index (χ2n) is 8.89. The lowest BCUT2D eigenvalue weighted by Crippen LogP contribution is -2.21. The average Bonchev–Trinajstić information content (AvgIpc) is 2.85. The van der Waals surface area contributed by atoms with Crippen LogP contribution in [0.2, 0.25) is 0 Å². The summed E-state index contributed by atoms with van der Waals surface area (Å²) in [6.45, 7) is 10.1. The van der Waals surface area contributed by atoms with Gasteiger partial charge in [0.25, 0.3) is 5.56 Å². The van der Waals surface area contributed by atoms with Gasteiger partial charge in [-0.1, -0.05) is 26.0 Å². The van der Waals surface area contributed by atoms with Gasteiger partial charge in [-0.05, 0) is 102 Å². The van der Waals surface area contributed by atoms with Crippen molar-refractivity contribution in [1.29, 1.82) is 0 Å². The minimum Gasteiger partial charge on any atom is -0.494 e. The third-order valence-electron chi connectivity index (χ3n) is 5.81. The van der Waals surface area contributed by atoms with E-state index in [9.17, 15) is 9.59 Å². The maximum atomic E-state index is 13.6. The first-order chi connectivity index (χ1) is 17.7. The fraction of sp³-hybridized carbons (Fsp3) is 0.241. The highest BCUT2D eigenvalue weighted by Crippen LogP contribution is 2.34. The molecule has 1 aromatic heterocycles.